The Hall–Kier alpha value is -1.83. The van der Waals surface area contributed by atoms with Crippen LogP contribution >= 0.6 is 0 Å². The molecule has 1 aromatic carbocycles. The first-order valence-corrected chi connectivity index (χ1v) is 8.12. The SMILES string of the molecule is CCC1=C[C@@H]2CC[C@H](C1)c1c(nc3ccccc3c1N)C2. The zero-order valence-corrected chi connectivity index (χ0v) is 12.6. The molecule has 0 amide bonds. The number of nitrogens with two attached hydrogens (primary N) is 1. The number of rotatable bonds is 1. The number of fused-ring (bicyclic) bond motifs is 6. The molecule has 0 saturated carbocycles. The summed E-state index contributed by atoms with van der Waals surface area (Å²) in [5, 5.41) is 1.13. The van der Waals surface area contributed by atoms with Gasteiger partial charge in [-0.05, 0) is 50.0 Å². The second-order valence-electron chi connectivity index (χ2n) is 6.52. The van der Waals surface area contributed by atoms with Crippen LogP contribution in [0.1, 0.15) is 49.8 Å². The van der Waals surface area contributed by atoms with E-state index in [1.165, 1.54) is 36.9 Å². The molecule has 2 aromatic rings. The van der Waals surface area contributed by atoms with Gasteiger partial charge in [0.05, 0.1) is 5.52 Å². The Labute approximate surface area is 126 Å². The lowest BCUT2D eigenvalue weighted by atomic mass is 9.85. The van der Waals surface area contributed by atoms with E-state index in [-0.39, 0.29) is 0 Å². The van der Waals surface area contributed by atoms with Crippen LogP contribution in [-0.4, -0.2) is 4.98 Å². The van der Waals surface area contributed by atoms with Crippen molar-refractivity contribution >= 4 is 16.6 Å². The number of anilines is 1. The van der Waals surface area contributed by atoms with Gasteiger partial charge in [-0.1, -0.05) is 36.8 Å². The van der Waals surface area contributed by atoms with Crippen LogP contribution in [0.2, 0.25) is 0 Å². The lowest BCUT2D eigenvalue weighted by Gasteiger charge is -2.22. The summed E-state index contributed by atoms with van der Waals surface area (Å²) in [6.07, 6.45) is 8.45. The van der Waals surface area contributed by atoms with Crippen LogP contribution in [0.3, 0.4) is 0 Å². The van der Waals surface area contributed by atoms with E-state index in [0.29, 0.717) is 11.8 Å². The molecule has 2 aliphatic carbocycles. The zero-order chi connectivity index (χ0) is 14.4. The molecule has 0 radical (unpaired) electrons. The second kappa shape index (κ2) is 4.87. The minimum atomic E-state index is 0.566. The quantitative estimate of drug-likeness (QED) is 0.775. The van der Waals surface area contributed by atoms with Gasteiger partial charge in [-0.2, -0.15) is 0 Å². The minimum absolute atomic E-state index is 0.566. The molecule has 0 fully saturated rings. The molecular weight excluding hydrogens is 256 g/mol. The number of hydrogen-bond donors (Lipinski definition) is 1. The Morgan fingerprint density at radius 2 is 2.05 bits per heavy atom. The fourth-order valence-electron chi connectivity index (χ4n) is 4.15. The smallest absolute Gasteiger partial charge is 0.0726 e. The average molecular weight is 278 g/mol. The third kappa shape index (κ3) is 2.05. The number of nitrogen functional groups attached to an aromatic ring is 1. The van der Waals surface area contributed by atoms with Crippen molar-refractivity contribution in [2.45, 2.75) is 44.9 Å². The molecule has 0 unspecified atom stereocenters. The summed E-state index contributed by atoms with van der Waals surface area (Å²) in [4.78, 5) is 4.96. The monoisotopic (exact) mass is 278 g/mol. The number of aromatic nitrogens is 1. The third-order valence-corrected chi connectivity index (χ3v) is 5.23. The number of para-hydroxylation sites is 1. The zero-order valence-electron chi connectivity index (χ0n) is 12.6. The molecule has 2 atom stereocenters. The van der Waals surface area contributed by atoms with Crippen molar-refractivity contribution in [3.63, 3.8) is 0 Å². The molecule has 1 aromatic heterocycles. The van der Waals surface area contributed by atoms with Crippen LogP contribution in [0, 0.1) is 5.92 Å². The first-order valence-electron chi connectivity index (χ1n) is 8.12. The van der Waals surface area contributed by atoms with Gasteiger partial charge in [-0.3, -0.25) is 4.98 Å². The molecule has 2 bridgehead atoms. The van der Waals surface area contributed by atoms with E-state index in [9.17, 15) is 0 Å². The Morgan fingerprint density at radius 1 is 1.19 bits per heavy atom. The highest BCUT2D eigenvalue weighted by Crippen LogP contribution is 2.44. The Bertz CT molecular complexity index is 730. The fraction of sp³-hybridized carbons (Fsp3) is 0.421. The van der Waals surface area contributed by atoms with Crippen LogP contribution in [-0.2, 0) is 6.42 Å². The Balaban J connectivity index is 1.94. The molecule has 1 heterocycles. The van der Waals surface area contributed by atoms with Gasteiger partial charge in [0.2, 0.25) is 0 Å². The van der Waals surface area contributed by atoms with Gasteiger partial charge in [0.25, 0.3) is 0 Å². The average Bonchev–Trinajstić information content (AvgIpc) is 2.78. The third-order valence-electron chi connectivity index (χ3n) is 5.23. The summed E-state index contributed by atoms with van der Waals surface area (Å²) in [6.45, 7) is 2.27. The van der Waals surface area contributed by atoms with E-state index < -0.39 is 0 Å². The van der Waals surface area contributed by atoms with Gasteiger partial charge >= 0.3 is 0 Å². The van der Waals surface area contributed by atoms with E-state index in [0.717, 1.165) is 23.0 Å². The van der Waals surface area contributed by atoms with Crippen LogP contribution in [0.5, 0.6) is 0 Å². The normalized spacial score (nSPS) is 24.3. The Kier molecular flexibility index (Phi) is 2.99. The van der Waals surface area contributed by atoms with Crippen molar-refractivity contribution in [3.8, 4) is 0 Å². The highest BCUT2D eigenvalue weighted by molar-refractivity contribution is 5.92. The highest BCUT2D eigenvalue weighted by atomic mass is 14.7. The molecule has 0 saturated heterocycles. The van der Waals surface area contributed by atoms with E-state index in [4.69, 9.17) is 10.7 Å². The molecule has 2 heteroatoms. The number of hydrogen-bond acceptors (Lipinski definition) is 2. The molecule has 0 spiro atoms. The highest BCUT2D eigenvalue weighted by Gasteiger charge is 2.30. The summed E-state index contributed by atoms with van der Waals surface area (Å²) in [5.41, 5.74) is 12.8. The molecular formula is C19H22N2. The standard InChI is InChI=1S/C19H22N2/c1-2-12-9-13-7-8-14(10-12)18-17(11-13)21-16-6-4-3-5-15(16)19(18)20/h3-6,9,13-14H,2,7-8,10-11H2,1H3,(H2,20,21)/t13-,14+/m0/s1. The maximum absolute atomic E-state index is 6.57. The summed E-state index contributed by atoms with van der Waals surface area (Å²) >= 11 is 0. The summed E-state index contributed by atoms with van der Waals surface area (Å²) < 4.78 is 0. The molecule has 108 valence electrons. The molecule has 2 nitrogen and oxygen atoms in total. The van der Waals surface area contributed by atoms with Crippen LogP contribution in [0.4, 0.5) is 5.69 Å². The van der Waals surface area contributed by atoms with Gasteiger partial charge in [0.15, 0.2) is 0 Å². The minimum Gasteiger partial charge on any atom is -0.398 e. The van der Waals surface area contributed by atoms with Crippen LogP contribution in [0.25, 0.3) is 10.9 Å². The maximum atomic E-state index is 6.57. The van der Waals surface area contributed by atoms with Gasteiger partial charge in [-0.15, -0.1) is 0 Å². The van der Waals surface area contributed by atoms with Crippen molar-refractivity contribution in [2.75, 3.05) is 5.73 Å². The molecule has 2 N–H and O–H groups in total. The largest absolute Gasteiger partial charge is 0.398 e. The van der Waals surface area contributed by atoms with Gasteiger partial charge < -0.3 is 5.73 Å². The van der Waals surface area contributed by atoms with E-state index in [2.05, 4.69) is 31.2 Å². The van der Waals surface area contributed by atoms with Gasteiger partial charge in [-0.25, -0.2) is 0 Å². The van der Waals surface area contributed by atoms with Crippen molar-refractivity contribution in [1.29, 1.82) is 0 Å². The Morgan fingerprint density at radius 3 is 2.90 bits per heavy atom. The van der Waals surface area contributed by atoms with Gasteiger partial charge in [0.1, 0.15) is 0 Å². The van der Waals surface area contributed by atoms with Crippen molar-refractivity contribution in [2.24, 2.45) is 5.92 Å². The van der Waals surface area contributed by atoms with Crippen molar-refractivity contribution < 1.29 is 0 Å². The van der Waals surface area contributed by atoms with E-state index >= 15 is 0 Å². The maximum Gasteiger partial charge on any atom is 0.0726 e. The number of allylic oxidation sites excluding steroid dienone is 2. The molecule has 0 aliphatic heterocycles. The summed E-state index contributed by atoms with van der Waals surface area (Å²) in [5.74, 6) is 1.22. The van der Waals surface area contributed by atoms with E-state index in [1.807, 2.05) is 6.07 Å². The van der Waals surface area contributed by atoms with Gasteiger partial charge in [0, 0.05) is 22.3 Å². The van der Waals surface area contributed by atoms with Crippen LogP contribution in [0.15, 0.2) is 35.9 Å². The second-order valence-corrected chi connectivity index (χ2v) is 6.52. The summed E-state index contributed by atoms with van der Waals surface area (Å²) in [7, 11) is 0. The lowest BCUT2D eigenvalue weighted by Crippen LogP contribution is -2.11. The summed E-state index contributed by atoms with van der Waals surface area (Å²) in [6, 6.07) is 8.30. The molecule has 21 heavy (non-hydrogen) atoms. The first-order chi connectivity index (χ1) is 10.3. The predicted octanol–water partition coefficient (Wildman–Crippen LogP) is 4.59. The van der Waals surface area contributed by atoms with Crippen LogP contribution < -0.4 is 5.73 Å². The molecule has 2 aliphatic rings. The number of pyridine rings is 1. The first kappa shape index (κ1) is 12.9. The predicted molar refractivity (Wildman–Crippen MR) is 88.3 cm³/mol. The lowest BCUT2D eigenvalue weighted by molar-refractivity contribution is 0.551. The van der Waals surface area contributed by atoms with E-state index in [1.54, 1.807) is 5.57 Å². The van der Waals surface area contributed by atoms with Crippen molar-refractivity contribution in [3.05, 3.63) is 47.2 Å². The number of nitrogens with zero attached hydrogens (tertiary/aromatic N) is 1. The topological polar surface area (TPSA) is 38.9 Å². The fourth-order valence-corrected chi connectivity index (χ4v) is 4.15. The molecule has 4 rings (SSSR count). The number of benzene rings is 1. The van der Waals surface area contributed by atoms with Crippen molar-refractivity contribution in [1.82, 2.24) is 4.98 Å².